The third-order valence-electron chi connectivity index (χ3n) is 1.82. The van der Waals surface area contributed by atoms with Gasteiger partial charge in [0.05, 0.1) is 4.92 Å². The molecule has 0 saturated carbocycles. The normalized spacial score (nSPS) is 9.69. The highest BCUT2D eigenvalue weighted by Gasteiger charge is 2.04. The number of likely N-dealkylation sites (N-methyl/N-ethyl adjacent to an activating group) is 1. The van der Waals surface area contributed by atoms with Gasteiger partial charge in [0.2, 0.25) is 0 Å². The minimum Gasteiger partial charge on any atom is -0.369 e. The quantitative estimate of drug-likeness (QED) is 0.628. The summed E-state index contributed by atoms with van der Waals surface area (Å²) in [5.41, 5.74) is 0.00756. The maximum Gasteiger partial charge on any atom is 0.287 e. The number of anilines is 1. The van der Waals surface area contributed by atoms with Gasteiger partial charge in [0, 0.05) is 19.2 Å². The molecular formula is C9H15ClN4O2. The van der Waals surface area contributed by atoms with Crippen molar-refractivity contribution in [2.24, 2.45) is 0 Å². The van der Waals surface area contributed by atoms with E-state index in [0.29, 0.717) is 5.82 Å². The summed E-state index contributed by atoms with van der Waals surface area (Å²) in [7, 11) is 3.95. The predicted molar refractivity (Wildman–Crippen MR) is 65.2 cm³/mol. The van der Waals surface area contributed by atoms with E-state index >= 15 is 0 Å². The summed E-state index contributed by atoms with van der Waals surface area (Å²) >= 11 is 0. The van der Waals surface area contributed by atoms with Crippen LogP contribution in [0, 0.1) is 10.1 Å². The highest BCUT2D eigenvalue weighted by Crippen LogP contribution is 2.11. The van der Waals surface area contributed by atoms with Crippen molar-refractivity contribution < 1.29 is 4.92 Å². The Labute approximate surface area is 100 Å². The summed E-state index contributed by atoms with van der Waals surface area (Å²) in [4.78, 5) is 15.9. The summed E-state index contributed by atoms with van der Waals surface area (Å²) in [5, 5.41) is 13.4. The van der Waals surface area contributed by atoms with Crippen molar-refractivity contribution in [2.75, 3.05) is 32.5 Å². The largest absolute Gasteiger partial charge is 0.369 e. The molecule has 0 bridgehead atoms. The standard InChI is InChI=1S/C9H14N4O2.ClH/c1-12(2)6-5-10-9-4-3-8(7-11-9)13(14)15;/h3-4,7H,5-6H2,1-2H3,(H,10,11);1H. The summed E-state index contributed by atoms with van der Waals surface area (Å²) in [6.45, 7) is 1.65. The van der Waals surface area contributed by atoms with Crippen molar-refractivity contribution in [3.05, 3.63) is 28.4 Å². The highest BCUT2D eigenvalue weighted by atomic mass is 35.5. The lowest BCUT2D eigenvalue weighted by atomic mass is 10.4. The van der Waals surface area contributed by atoms with Gasteiger partial charge in [-0.25, -0.2) is 4.98 Å². The monoisotopic (exact) mass is 246 g/mol. The van der Waals surface area contributed by atoms with Crippen LogP contribution in [0.2, 0.25) is 0 Å². The molecule has 1 N–H and O–H groups in total. The van der Waals surface area contributed by atoms with E-state index in [1.807, 2.05) is 19.0 Å². The Morgan fingerprint density at radius 3 is 2.62 bits per heavy atom. The molecule has 0 aliphatic carbocycles. The second kappa shape index (κ2) is 6.97. The van der Waals surface area contributed by atoms with Crippen LogP contribution in [0.4, 0.5) is 11.5 Å². The number of aromatic nitrogens is 1. The number of nitrogens with zero attached hydrogens (tertiary/aromatic N) is 3. The van der Waals surface area contributed by atoms with E-state index in [0.717, 1.165) is 13.1 Å². The van der Waals surface area contributed by atoms with Crippen LogP contribution in [0.15, 0.2) is 18.3 Å². The molecule has 0 aromatic carbocycles. The van der Waals surface area contributed by atoms with Crippen LogP contribution in [-0.2, 0) is 0 Å². The first-order valence-corrected chi connectivity index (χ1v) is 4.58. The van der Waals surface area contributed by atoms with Crippen molar-refractivity contribution in [3.8, 4) is 0 Å². The van der Waals surface area contributed by atoms with Gasteiger partial charge in [-0.3, -0.25) is 10.1 Å². The van der Waals surface area contributed by atoms with Gasteiger partial charge in [-0.05, 0) is 20.2 Å². The number of nitrogens with one attached hydrogen (secondary N) is 1. The van der Waals surface area contributed by atoms with Gasteiger partial charge in [-0.2, -0.15) is 0 Å². The van der Waals surface area contributed by atoms with Crippen LogP contribution in [-0.4, -0.2) is 42.0 Å². The Morgan fingerprint density at radius 2 is 2.19 bits per heavy atom. The highest BCUT2D eigenvalue weighted by molar-refractivity contribution is 5.85. The van der Waals surface area contributed by atoms with Gasteiger partial charge >= 0.3 is 0 Å². The number of hydrogen-bond acceptors (Lipinski definition) is 5. The number of halogens is 1. The Morgan fingerprint density at radius 1 is 1.50 bits per heavy atom. The molecule has 90 valence electrons. The molecule has 0 aliphatic heterocycles. The molecular weight excluding hydrogens is 232 g/mol. The second-order valence-corrected chi connectivity index (χ2v) is 3.39. The molecule has 0 unspecified atom stereocenters. The third kappa shape index (κ3) is 4.90. The Kier molecular flexibility index (Phi) is 6.36. The molecule has 1 aromatic heterocycles. The first-order chi connectivity index (χ1) is 7.09. The fourth-order valence-corrected chi connectivity index (χ4v) is 1.01. The van der Waals surface area contributed by atoms with Crippen LogP contribution in [0.25, 0.3) is 0 Å². The summed E-state index contributed by atoms with van der Waals surface area (Å²) < 4.78 is 0. The van der Waals surface area contributed by atoms with Gasteiger partial charge in [-0.1, -0.05) is 0 Å². The fraction of sp³-hybridized carbons (Fsp3) is 0.444. The van der Waals surface area contributed by atoms with E-state index in [9.17, 15) is 10.1 Å². The van der Waals surface area contributed by atoms with E-state index in [4.69, 9.17) is 0 Å². The first-order valence-electron chi connectivity index (χ1n) is 4.58. The van der Waals surface area contributed by atoms with Crippen LogP contribution in [0.3, 0.4) is 0 Å². The predicted octanol–water partition coefficient (Wildman–Crippen LogP) is 1.39. The Balaban J connectivity index is 0.00000225. The lowest BCUT2D eigenvalue weighted by Crippen LogP contribution is -2.21. The molecule has 7 heteroatoms. The van der Waals surface area contributed by atoms with Crippen LogP contribution in [0.5, 0.6) is 0 Å². The first kappa shape index (κ1) is 14.6. The number of hydrogen-bond donors (Lipinski definition) is 1. The SMILES string of the molecule is CN(C)CCNc1ccc([N+](=O)[O-])cn1.Cl. The van der Waals surface area contributed by atoms with Crippen molar-refractivity contribution >= 4 is 23.9 Å². The zero-order valence-corrected chi connectivity index (χ0v) is 10.0. The van der Waals surface area contributed by atoms with E-state index in [1.54, 1.807) is 6.07 Å². The van der Waals surface area contributed by atoms with Crippen LogP contribution in [0.1, 0.15) is 0 Å². The van der Waals surface area contributed by atoms with E-state index in [2.05, 4.69) is 10.3 Å². The topological polar surface area (TPSA) is 71.3 Å². The molecule has 0 atom stereocenters. The third-order valence-corrected chi connectivity index (χ3v) is 1.82. The van der Waals surface area contributed by atoms with Crippen molar-refractivity contribution in [1.82, 2.24) is 9.88 Å². The molecule has 0 amide bonds. The molecule has 16 heavy (non-hydrogen) atoms. The number of rotatable bonds is 5. The van der Waals surface area contributed by atoms with Crippen molar-refractivity contribution in [2.45, 2.75) is 0 Å². The fourth-order valence-electron chi connectivity index (χ4n) is 1.01. The van der Waals surface area contributed by atoms with Crippen molar-refractivity contribution in [3.63, 3.8) is 0 Å². The molecule has 0 radical (unpaired) electrons. The zero-order chi connectivity index (χ0) is 11.3. The molecule has 6 nitrogen and oxygen atoms in total. The van der Waals surface area contributed by atoms with Crippen LogP contribution < -0.4 is 5.32 Å². The average molecular weight is 247 g/mol. The van der Waals surface area contributed by atoms with Gasteiger partial charge < -0.3 is 10.2 Å². The van der Waals surface area contributed by atoms with Crippen LogP contribution >= 0.6 is 12.4 Å². The minimum atomic E-state index is -0.462. The average Bonchev–Trinajstić information content (AvgIpc) is 2.18. The molecule has 1 rings (SSSR count). The molecule has 0 saturated heterocycles. The smallest absolute Gasteiger partial charge is 0.287 e. The lowest BCUT2D eigenvalue weighted by molar-refractivity contribution is -0.385. The van der Waals surface area contributed by atoms with E-state index < -0.39 is 4.92 Å². The van der Waals surface area contributed by atoms with E-state index in [-0.39, 0.29) is 18.1 Å². The number of nitro groups is 1. The molecule has 0 aliphatic rings. The van der Waals surface area contributed by atoms with Gasteiger partial charge in [-0.15, -0.1) is 12.4 Å². The molecule has 0 spiro atoms. The summed E-state index contributed by atoms with van der Waals surface area (Å²) in [6.07, 6.45) is 1.25. The molecule has 1 aromatic rings. The Bertz CT molecular complexity index is 329. The number of pyridine rings is 1. The van der Waals surface area contributed by atoms with E-state index in [1.165, 1.54) is 12.3 Å². The summed E-state index contributed by atoms with van der Waals surface area (Å²) in [6, 6.07) is 3.04. The van der Waals surface area contributed by atoms with Gasteiger partial charge in [0.1, 0.15) is 12.0 Å². The maximum absolute atomic E-state index is 10.4. The van der Waals surface area contributed by atoms with Gasteiger partial charge in [0.25, 0.3) is 5.69 Å². The minimum absolute atomic E-state index is 0. The molecule has 1 heterocycles. The van der Waals surface area contributed by atoms with Crippen molar-refractivity contribution in [1.29, 1.82) is 0 Å². The van der Waals surface area contributed by atoms with Gasteiger partial charge in [0.15, 0.2) is 0 Å². The summed E-state index contributed by atoms with van der Waals surface area (Å²) in [5.74, 6) is 0.655. The second-order valence-electron chi connectivity index (χ2n) is 3.39. The zero-order valence-electron chi connectivity index (χ0n) is 9.21. The lowest BCUT2D eigenvalue weighted by Gasteiger charge is -2.10. The maximum atomic E-state index is 10.4. The Hall–Kier alpha value is -1.40. The molecule has 0 fully saturated rings.